The highest BCUT2D eigenvalue weighted by Crippen LogP contribution is 2.37. The Morgan fingerprint density at radius 2 is 2.10 bits per heavy atom. The van der Waals surface area contributed by atoms with Gasteiger partial charge in [0.15, 0.2) is 0 Å². The summed E-state index contributed by atoms with van der Waals surface area (Å²) in [6, 6.07) is -0.0684. The first kappa shape index (κ1) is 14.0. The van der Waals surface area contributed by atoms with E-state index in [9.17, 15) is 13.5 Å². The first-order valence-corrected chi connectivity index (χ1v) is 8.73. The van der Waals surface area contributed by atoms with Gasteiger partial charge in [0.1, 0.15) is 4.90 Å². The van der Waals surface area contributed by atoms with Crippen LogP contribution in [0.5, 0.6) is 0 Å². The van der Waals surface area contributed by atoms with Crippen LogP contribution in [-0.4, -0.2) is 46.7 Å². The predicted molar refractivity (Wildman–Crippen MR) is 73.5 cm³/mol. The molecule has 2 heterocycles. The van der Waals surface area contributed by atoms with Gasteiger partial charge in [0, 0.05) is 24.7 Å². The number of hydrogen-bond acceptors (Lipinski definition) is 4. The molecule has 3 atom stereocenters. The van der Waals surface area contributed by atoms with E-state index in [4.69, 9.17) is 0 Å². The number of aliphatic hydroxyl groups excluding tert-OH is 1. The molecule has 2 aliphatic rings. The van der Waals surface area contributed by atoms with Crippen molar-refractivity contribution in [1.82, 2.24) is 14.5 Å². The van der Waals surface area contributed by atoms with E-state index in [2.05, 4.69) is 10.2 Å². The molecule has 2 fully saturated rings. The first-order chi connectivity index (χ1) is 9.60. The van der Waals surface area contributed by atoms with Crippen LogP contribution in [0, 0.1) is 5.92 Å². The molecule has 1 aliphatic carbocycles. The largest absolute Gasteiger partial charge is 0.393 e. The van der Waals surface area contributed by atoms with Gasteiger partial charge in [0.25, 0.3) is 0 Å². The van der Waals surface area contributed by atoms with E-state index in [1.54, 1.807) is 4.31 Å². The molecule has 1 aliphatic heterocycles. The molecule has 1 aromatic rings. The van der Waals surface area contributed by atoms with Gasteiger partial charge in [-0.2, -0.15) is 9.40 Å². The lowest BCUT2D eigenvalue weighted by atomic mass is 9.89. The summed E-state index contributed by atoms with van der Waals surface area (Å²) in [5.74, 6) is 0.0805. The molecule has 20 heavy (non-hydrogen) atoms. The molecule has 0 amide bonds. The molecule has 112 valence electrons. The van der Waals surface area contributed by atoms with E-state index in [0.29, 0.717) is 6.54 Å². The van der Waals surface area contributed by atoms with E-state index >= 15 is 0 Å². The van der Waals surface area contributed by atoms with Gasteiger partial charge < -0.3 is 5.11 Å². The summed E-state index contributed by atoms with van der Waals surface area (Å²) in [7, 11) is -3.50. The highest BCUT2D eigenvalue weighted by Gasteiger charge is 2.42. The maximum absolute atomic E-state index is 12.7. The van der Waals surface area contributed by atoms with E-state index < -0.39 is 10.0 Å². The van der Waals surface area contributed by atoms with Crippen molar-refractivity contribution in [3.05, 3.63) is 12.4 Å². The van der Waals surface area contributed by atoms with Crippen molar-refractivity contribution in [2.24, 2.45) is 5.92 Å². The van der Waals surface area contributed by atoms with Gasteiger partial charge in [-0.1, -0.05) is 12.8 Å². The molecule has 3 rings (SSSR count). The van der Waals surface area contributed by atoms with E-state index in [1.165, 1.54) is 12.4 Å². The zero-order valence-corrected chi connectivity index (χ0v) is 12.2. The third kappa shape index (κ3) is 2.38. The zero-order chi connectivity index (χ0) is 14.2. The molecule has 0 radical (unpaired) electrons. The number of aromatic nitrogens is 2. The average molecular weight is 299 g/mol. The smallest absolute Gasteiger partial charge is 0.246 e. The van der Waals surface area contributed by atoms with Gasteiger partial charge in [-0.3, -0.25) is 5.10 Å². The highest BCUT2D eigenvalue weighted by molar-refractivity contribution is 7.89. The van der Waals surface area contributed by atoms with Crippen molar-refractivity contribution in [3.8, 4) is 0 Å². The minimum absolute atomic E-state index is 0.0684. The Balaban J connectivity index is 1.89. The Kier molecular flexibility index (Phi) is 3.83. The summed E-state index contributed by atoms with van der Waals surface area (Å²) in [6.45, 7) is 0.543. The van der Waals surface area contributed by atoms with Crippen LogP contribution in [0.25, 0.3) is 0 Å². The molecule has 0 aromatic carbocycles. The fourth-order valence-electron chi connectivity index (χ4n) is 3.59. The molecule has 6 nitrogen and oxygen atoms in total. The molecule has 1 saturated heterocycles. The summed E-state index contributed by atoms with van der Waals surface area (Å²) in [6.07, 6.45) is 7.88. The third-order valence-electron chi connectivity index (χ3n) is 4.60. The Morgan fingerprint density at radius 3 is 2.75 bits per heavy atom. The van der Waals surface area contributed by atoms with E-state index in [-0.39, 0.29) is 23.0 Å². The van der Waals surface area contributed by atoms with Gasteiger partial charge >= 0.3 is 0 Å². The second kappa shape index (κ2) is 5.46. The van der Waals surface area contributed by atoms with Crippen molar-refractivity contribution in [3.63, 3.8) is 0 Å². The maximum Gasteiger partial charge on any atom is 0.246 e. The number of hydrogen-bond donors (Lipinski definition) is 2. The van der Waals surface area contributed by atoms with Crippen LogP contribution in [0.15, 0.2) is 17.3 Å². The monoisotopic (exact) mass is 299 g/mol. The normalized spacial score (nSPS) is 32.5. The molecule has 7 heteroatoms. The minimum Gasteiger partial charge on any atom is -0.393 e. The second-order valence-electron chi connectivity index (χ2n) is 5.77. The van der Waals surface area contributed by atoms with Crippen LogP contribution in [0.3, 0.4) is 0 Å². The average Bonchev–Trinajstić information content (AvgIpc) is 3.10. The maximum atomic E-state index is 12.7. The molecule has 0 spiro atoms. The van der Waals surface area contributed by atoms with Gasteiger partial charge in [-0.15, -0.1) is 0 Å². The lowest BCUT2D eigenvalue weighted by molar-refractivity contribution is 0.0723. The number of piperidine rings is 1. The quantitative estimate of drug-likeness (QED) is 0.875. The van der Waals surface area contributed by atoms with Crippen LogP contribution >= 0.6 is 0 Å². The Labute approximate surface area is 119 Å². The van der Waals surface area contributed by atoms with E-state index in [1.807, 2.05) is 0 Å². The van der Waals surface area contributed by atoms with Crippen LogP contribution in [0.1, 0.15) is 38.5 Å². The summed E-state index contributed by atoms with van der Waals surface area (Å²) in [5, 5.41) is 16.4. The minimum atomic E-state index is -3.50. The van der Waals surface area contributed by atoms with Crippen molar-refractivity contribution in [1.29, 1.82) is 0 Å². The zero-order valence-electron chi connectivity index (χ0n) is 11.4. The summed E-state index contributed by atoms with van der Waals surface area (Å²) >= 11 is 0. The van der Waals surface area contributed by atoms with Crippen molar-refractivity contribution < 1.29 is 13.5 Å². The fourth-order valence-corrected chi connectivity index (χ4v) is 5.24. The number of rotatable bonds is 3. The number of sulfonamides is 1. The Hall–Kier alpha value is -0.920. The lowest BCUT2D eigenvalue weighted by Crippen LogP contribution is -2.49. The lowest BCUT2D eigenvalue weighted by Gasteiger charge is -2.39. The predicted octanol–water partition coefficient (Wildman–Crippen LogP) is 1.11. The molecule has 1 aromatic heterocycles. The van der Waals surface area contributed by atoms with Crippen LogP contribution in [0.2, 0.25) is 0 Å². The standard InChI is InChI=1S/C13H21N3O3S/c17-13-6-3-4-11(13)12-5-1-2-7-16(12)20(18,19)10-8-14-15-9-10/h8-9,11-13,17H,1-7H2,(H,14,15). The number of nitrogens with zero attached hydrogens (tertiary/aromatic N) is 2. The van der Waals surface area contributed by atoms with Crippen LogP contribution in [-0.2, 0) is 10.0 Å². The number of nitrogens with one attached hydrogen (secondary N) is 1. The SMILES string of the molecule is O=S(=O)(c1cn[nH]c1)N1CCCCC1C1CCCC1O. The molecular weight excluding hydrogens is 278 g/mol. The van der Waals surface area contributed by atoms with E-state index in [0.717, 1.165) is 38.5 Å². The van der Waals surface area contributed by atoms with Crippen LogP contribution < -0.4 is 0 Å². The van der Waals surface area contributed by atoms with Gasteiger partial charge in [-0.05, 0) is 25.7 Å². The van der Waals surface area contributed by atoms with Gasteiger partial charge in [-0.25, -0.2) is 8.42 Å². The highest BCUT2D eigenvalue weighted by atomic mass is 32.2. The first-order valence-electron chi connectivity index (χ1n) is 7.29. The molecule has 2 N–H and O–H groups in total. The van der Waals surface area contributed by atoms with Crippen molar-refractivity contribution >= 4 is 10.0 Å². The van der Waals surface area contributed by atoms with Crippen molar-refractivity contribution in [2.45, 2.75) is 55.6 Å². The Bertz CT molecular complexity index is 543. The van der Waals surface area contributed by atoms with Crippen molar-refractivity contribution in [2.75, 3.05) is 6.54 Å². The fraction of sp³-hybridized carbons (Fsp3) is 0.769. The number of H-pyrrole nitrogens is 1. The molecular formula is C13H21N3O3S. The topological polar surface area (TPSA) is 86.3 Å². The summed E-state index contributed by atoms with van der Waals surface area (Å²) in [4.78, 5) is 0.219. The number of aromatic amines is 1. The summed E-state index contributed by atoms with van der Waals surface area (Å²) in [5.41, 5.74) is 0. The number of aliphatic hydroxyl groups is 1. The molecule has 3 unspecified atom stereocenters. The van der Waals surface area contributed by atoms with Gasteiger partial charge in [0.05, 0.1) is 12.3 Å². The summed E-state index contributed by atoms with van der Waals surface area (Å²) < 4.78 is 27.0. The second-order valence-corrected chi connectivity index (χ2v) is 7.67. The van der Waals surface area contributed by atoms with Gasteiger partial charge in [0.2, 0.25) is 10.0 Å². The Morgan fingerprint density at radius 1 is 1.25 bits per heavy atom. The molecule has 1 saturated carbocycles. The van der Waals surface area contributed by atoms with Crippen LogP contribution in [0.4, 0.5) is 0 Å². The molecule has 0 bridgehead atoms. The third-order valence-corrected chi connectivity index (χ3v) is 6.49.